The molecule has 0 saturated carbocycles. The summed E-state index contributed by atoms with van der Waals surface area (Å²) < 4.78 is 29.3. The molecule has 0 radical (unpaired) electrons. The highest BCUT2D eigenvalue weighted by atomic mass is 35.5. The molecule has 0 unspecified atom stereocenters. The van der Waals surface area contributed by atoms with E-state index in [9.17, 15) is 28.4 Å². The third-order valence-corrected chi connectivity index (χ3v) is 7.05. The molecule has 5 N–H and O–H groups in total. The molecule has 1 aliphatic rings. The molecular weight excluding hydrogens is 637 g/mol. The fourth-order valence-electron chi connectivity index (χ4n) is 4.74. The number of alkyl carbamates (subject to hydrolysis) is 1. The topological polar surface area (TPSA) is 178 Å². The van der Waals surface area contributed by atoms with E-state index in [0.29, 0.717) is 31.6 Å². The van der Waals surface area contributed by atoms with Crippen LogP contribution in [0.4, 0.5) is 9.18 Å². The van der Waals surface area contributed by atoms with Crippen LogP contribution in [-0.4, -0.2) is 97.4 Å². The maximum absolute atomic E-state index is 13.9. The van der Waals surface area contributed by atoms with Crippen molar-refractivity contribution in [3.63, 3.8) is 0 Å². The largest absolute Gasteiger partial charge is 0.462 e. The highest BCUT2D eigenvalue weighted by Crippen LogP contribution is 2.26. The highest BCUT2D eigenvalue weighted by molar-refractivity contribution is 5.95. The van der Waals surface area contributed by atoms with Gasteiger partial charge in [-0.05, 0) is 63.6 Å². The second kappa shape index (κ2) is 18.7. The minimum absolute atomic E-state index is 0. The minimum Gasteiger partial charge on any atom is -0.462 e. The third-order valence-electron chi connectivity index (χ3n) is 7.05. The maximum atomic E-state index is 13.9. The normalized spacial score (nSPS) is 16.6. The van der Waals surface area contributed by atoms with Gasteiger partial charge in [-0.25, -0.2) is 14.0 Å². The van der Waals surface area contributed by atoms with E-state index >= 15 is 0 Å². The van der Waals surface area contributed by atoms with Crippen molar-refractivity contribution < 1.29 is 42.6 Å². The second-order valence-electron chi connectivity index (χ2n) is 13.3. The van der Waals surface area contributed by atoms with Crippen molar-refractivity contribution in [1.82, 2.24) is 20.9 Å². The minimum atomic E-state index is -1.12. The molecule has 1 fully saturated rings. The Labute approximate surface area is 282 Å². The first kappa shape index (κ1) is 41.5. The summed E-state index contributed by atoms with van der Waals surface area (Å²) in [6, 6.07) is 1.43. The summed E-state index contributed by atoms with van der Waals surface area (Å²) in [6.45, 7) is 12.8. The van der Waals surface area contributed by atoms with Gasteiger partial charge in [-0.15, -0.1) is 12.4 Å². The number of nitrogens with two attached hydrogens (primary N) is 1. The van der Waals surface area contributed by atoms with E-state index < -0.39 is 70.8 Å². The van der Waals surface area contributed by atoms with Crippen molar-refractivity contribution in [3.8, 4) is 0 Å². The van der Waals surface area contributed by atoms with Crippen LogP contribution in [0.3, 0.4) is 0 Å². The molecule has 4 atom stereocenters. The zero-order valence-electron chi connectivity index (χ0n) is 28.4. The number of benzene rings is 1. The molecule has 1 aliphatic heterocycles. The average Bonchev–Trinajstić information content (AvgIpc) is 3.44. The predicted octanol–water partition coefficient (Wildman–Crippen LogP) is 2.23. The molecule has 0 bridgehead atoms. The molecule has 266 valence electrons. The zero-order chi connectivity index (χ0) is 34.7. The molecular formula is C32H51ClFN5O8. The fraction of sp³-hybridized carbons (Fsp3) is 0.656. The van der Waals surface area contributed by atoms with Gasteiger partial charge in [0.15, 0.2) is 0 Å². The van der Waals surface area contributed by atoms with Gasteiger partial charge in [-0.3, -0.25) is 14.4 Å². The zero-order valence-corrected chi connectivity index (χ0v) is 29.2. The summed E-state index contributed by atoms with van der Waals surface area (Å²) in [6.07, 6.45) is 0.112. The molecule has 0 aromatic heterocycles. The molecule has 1 aromatic rings. The monoisotopic (exact) mass is 687 g/mol. The first-order valence-corrected chi connectivity index (χ1v) is 15.5. The van der Waals surface area contributed by atoms with Crippen LogP contribution in [0, 0.1) is 11.2 Å². The van der Waals surface area contributed by atoms with Crippen LogP contribution in [0.15, 0.2) is 24.3 Å². The van der Waals surface area contributed by atoms with Gasteiger partial charge in [-0.2, -0.15) is 0 Å². The van der Waals surface area contributed by atoms with Gasteiger partial charge in [0.25, 0.3) is 0 Å². The number of likely N-dealkylation sites (tertiary alicyclic amines) is 1. The Morgan fingerprint density at radius 3 is 2.19 bits per heavy atom. The van der Waals surface area contributed by atoms with Crippen LogP contribution in [0.1, 0.15) is 66.9 Å². The summed E-state index contributed by atoms with van der Waals surface area (Å²) >= 11 is 0. The van der Waals surface area contributed by atoms with Crippen molar-refractivity contribution in [2.45, 2.75) is 97.5 Å². The Morgan fingerprint density at radius 1 is 0.979 bits per heavy atom. The molecule has 1 saturated heterocycles. The number of carbonyl (C=O) groups excluding carboxylic acids is 5. The molecule has 0 aliphatic carbocycles. The Kier molecular flexibility index (Phi) is 16.6. The SMILES string of the molecule is C[C@H](NC(=O)OC(C)(C)C)C(=O)N[C@H](C(=O)N1CCC[C@H]1C(=O)N[C@@H](Cc1ccc(F)cc1)C(=O)OCCOCCN)C(C)(C)C.Cl. The molecule has 2 rings (SSSR count). The number of rotatable bonds is 14. The standard InChI is InChI=1S/C32H50FN5O8.ClH/c1-20(35-30(43)46-32(5,6)7)26(39)37-25(31(2,3)4)28(41)38-15-8-9-24(38)27(40)36-23(19-21-10-12-22(33)13-11-21)29(42)45-18-17-44-16-14-34;/h10-13,20,23-25H,8-9,14-19,34H2,1-7H3,(H,35,43)(H,36,40)(H,37,39);1H/t20-,23-,24-,25+;/m0./s1. The second-order valence-corrected chi connectivity index (χ2v) is 13.3. The summed E-state index contributed by atoms with van der Waals surface area (Å²) in [7, 11) is 0. The van der Waals surface area contributed by atoms with Gasteiger partial charge in [0.1, 0.15) is 42.2 Å². The Bertz CT molecular complexity index is 1210. The number of amides is 4. The lowest BCUT2D eigenvalue weighted by atomic mass is 9.85. The Morgan fingerprint density at radius 2 is 1.62 bits per heavy atom. The molecule has 47 heavy (non-hydrogen) atoms. The van der Waals surface area contributed by atoms with E-state index in [4.69, 9.17) is 19.9 Å². The molecule has 1 heterocycles. The van der Waals surface area contributed by atoms with Crippen LogP contribution in [0.2, 0.25) is 0 Å². The van der Waals surface area contributed by atoms with Crippen molar-refractivity contribution in [2.75, 3.05) is 32.9 Å². The predicted molar refractivity (Wildman–Crippen MR) is 175 cm³/mol. The number of carbonyl (C=O) groups is 5. The van der Waals surface area contributed by atoms with Crippen LogP contribution >= 0.6 is 12.4 Å². The highest BCUT2D eigenvalue weighted by Gasteiger charge is 2.43. The molecule has 4 amide bonds. The van der Waals surface area contributed by atoms with Gasteiger partial charge in [-0.1, -0.05) is 32.9 Å². The van der Waals surface area contributed by atoms with E-state index in [1.807, 2.05) is 0 Å². The average molecular weight is 688 g/mol. The van der Waals surface area contributed by atoms with Crippen LogP contribution in [-0.2, 0) is 39.8 Å². The van der Waals surface area contributed by atoms with E-state index in [1.165, 1.54) is 36.1 Å². The molecule has 1 aromatic carbocycles. The number of hydrogen-bond acceptors (Lipinski definition) is 9. The first-order valence-electron chi connectivity index (χ1n) is 15.5. The van der Waals surface area contributed by atoms with Gasteiger partial charge in [0, 0.05) is 19.5 Å². The lowest BCUT2D eigenvalue weighted by molar-refractivity contribution is -0.150. The fourth-order valence-corrected chi connectivity index (χ4v) is 4.74. The molecule has 13 nitrogen and oxygen atoms in total. The van der Waals surface area contributed by atoms with Gasteiger partial charge in [0.2, 0.25) is 17.7 Å². The maximum Gasteiger partial charge on any atom is 0.408 e. The van der Waals surface area contributed by atoms with E-state index in [2.05, 4.69) is 16.0 Å². The van der Waals surface area contributed by atoms with Crippen molar-refractivity contribution >= 4 is 42.2 Å². The first-order chi connectivity index (χ1) is 21.4. The van der Waals surface area contributed by atoms with Gasteiger partial charge < -0.3 is 40.8 Å². The quantitative estimate of drug-likeness (QED) is 0.169. The van der Waals surface area contributed by atoms with Gasteiger partial charge in [0.05, 0.1) is 13.2 Å². The smallest absolute Gasteiger partial charge is 0.408 e. The van der Waals surface area contributed by atoms with Crippen molar-refractivity contribution in [1.29, 1.82) is 0 Å². The summed E-state index contributed by atoms with van der Waals surface area (Å²) in [5, 5.41) is 7.93. The lowest BCUT2D eigenvalue weighted by Crippen LogP contribution is -2.60. The number of hydrogen-bond donors (Lipinski definition) is 4. The molecule has 15 heteroatoms. The van der Waals surface area contributed by atoms with Crippen molar-refractivity contribution in [2.24, 2.45) is 11.1 Å². The lowest BCUT2D eigenvalue weighted by Gasteiger charge is -2.36. The molecule has 0 spiro atoms. The van der Waals surface area contributed by atoms with Crippen LogP contribution in [0.5, 0.6) is 0 Å². The van der Waals surface area contributed by atoms with Crippen LogP contribution < -0.4 is 21.7 Å². The summed E-state index contributed by atoms with van der Waals surface area (Å²) in [5.74, 6) is -2.79. The number of nitrogens with zero attached hydrogens (tertiary/aromatic N) is 1. The van der Waals surface area contributed by atoms with E-state index in [0.717, 1.165) is 0 Å². The number of nitrogens with one attached hydrogen (secondary N) is 3. The Balaban J connectivity index is 0.0000110. The Hall–Kier alpha value is -3.49. The van der Waals surface area contributed by atoms with E-state index in [1.54, 1.807) is 41.5 Å². The number of ether oxygens (including phenoxy) is 3. The number of halogens is 2. The van der Waals surface area contributed by atoms with Gasteiger partial charge >= 0.3 is 12.1 Å². The summed E-state index contributed by atoms with van der Waals surface area (Å²) in [4.78, 5) is 67.2. The summed E-state index contributed by atoms with van der Waals surface area (Å²) in [5.41, 5.74) is 4.47. The van der Waals surface area contributed by atoms with E-state index in [-0.39, 0.29) is 38.6 Å². The van der Waals surface area contributed by atoms with Crippen LogP contribution in [0.25, 0.3) is 0 Å². The van der Waals surface area contributed by atoms with Crippen molar-refractivity contribution in [3.05, 3.63) is 35.6 Å². The third kappa shape index (κ3) is 14.0. The number of esters is 1.